The van der Waals surface area contributed by atoms with E-state index in [1.165, 1.54) is 5.57 Å². The molecule has 0 radical (unpaired) electrons. The highest BCUT2D eigenvalue weighted by molar-refractivity contribution is 6.30. The van der Waals surface area contributed by atoms with Crippen molar-refractivity contribution < 1.29 is 9.90 Å². The van der Waals surface area contributed by atoms with Gasteiger partial charge in [-0.25, -0.2) is 0 Å². The Bertz CT molecular complexity index is 420. The first-order valence-corrected chi connectivity index (χ1v) is 5.72. The Morgan fingerprint density at radius 1 is 1.31 bits per heavy atom. The van der Waals surface area contributed by atoms with Gasteiger partial charge >= 0.3 is 5.97 Å². The zero-order valence-electron chi connectivity index (χ0n) is 8.82. The number of benzene rings is 1. The Labute approximate surface area is 99.5 Å². The summed E-state index contributed by atoms with van der Waals surface area (Å²) in [7, 11) is 0. The molecule has 1 aliphatic carbocycles. The molecule has 0 heterocycles. The molecule has 1 unspecified atom stereocenters. The molecule has 0 aliphatic heterocycles. The minimum atomic E-state index is -0.689. The van der Waals surface area contributed by atoms with Crippen molar-refractivity contribution in [2.75, 3.05) is 0 Å². The van der Waals surface area contributed by atoms with Crippen molar-refractivity contribution in [1.29, 1.82) is 0 Å². The van der Waals surface area contributed by atoms with E-state index >= 15 is 0 Å². The Balaban J connectivity index is 2.13. The molecule has 16 heavy (non-hydrogen) atoms. The molecular weight excluding hydrogens is 224 g/mol. The van der Waals surface area contributed by atoms with E-state index in [-0.39, 0.29) is 5.92 Å². The van der Waals surface area contributed by atoms with Crippen LogP contribution < -0.4 is 0 Å². The summed E-state index contributed by atoms with van der Waals surface area (Å²) in [5.74, 6) is -0.901. The van der Waals surface area contributed by atoms with E-state index in [1.807, 2.05) is 30.3 Å². The summed E-state index contributed by atoms with van der Waals surface area (Å²) in [5.41, 5.74) is 2.38. The average Bonchev–Trinajstić information content (AvgIpc) is 2.30. The monoisotopic (exact) mass is 236 g/mol. The van der Waals surface area contributed by atoms with E-state index in [2.05, 4.69) is 0 Å². The second kappa shape index (κ2) is 4.71. The van der Waals surface area contributed by atoms with E-state index in [0.717, 1.165) is 23.4 Å². The van der Waals surface area contributed by atoms with Gasteiger partial charge in [-0.2, -0.15) is 0 Å². The van der Waals surface area contributed by atoms with Crippen LogP contribution in [0.4, 0.5) is 0 Å². The molecule has 1 aliphatic rings. The molecule has 0 fully saturated rings. The number of aliphatic carboxylic acids is 1. The van der Waals surface area contributed by atoms with Gasteiger partial charge in [0.25, 0.3) is 0 Å². The van der Waals surface area contributed by atoms with Gasteiger partial charge in [0, 0.05) is 5.02 Å². The minimum absolute atomic E-state index is 0.212. The molecule has 2 rings (SSSR count). The molecule has 0 saturated carbocycles. The van der Waals surface area contributed by atoms with Gasteiger partial charge in [-0.05, 0) is 42.5 Å². The molecule has 2 nitrogen and oxygen atoms in total. The van der Waals surface area contributed by atoms with Crippen LogP contribution in [0.2, 0.25) is 5.02 Å². The van der Waals surface area contributed by atoms with Crippen molar-refractivity contribution in [3.05, 3.63) is 40.9 Å². The molecule has 0 aromatic heterocycles. The highest BCUT2D eigenvalue weighted by Crippen LogP contribution is 2.30. The summed E-state index contributed by atoms with van der Waals surface area (Å²) in [6, 6.07) is 7.69. The van der Waals surface area contributed by atoms with Crippen LogP contribution in [-0.4, -0.2) is 11.1 Å². The maximum Gasteiger partial charge on any atom is 0.306 e. The molecule has 1 N–H and O–H groups in total. The SMILES string of the molecule is O=C(O)C1CC=C(c2ccc(Cl)cc2)CC1. The Kier molecular flexibility index (Phi) is 3.30. The van der Waals surface area contributed by atoms with Gasteiger partial charge < -0.3 is 5.11 Å². The van der Waals surface area contributed by atoms with E-state index < -0.39 is 5.97 Å². The third-order valence-electron chi connectivity index (χ3n) is 2.98. The highest BCUT2D eigenvalue weighted by Gasteiger charge is 2.20. The normalized spacial score (nSPS) is 20.3. The third kappa shape index (κ3) is 2.45. The molecule has 1 aromatic rings. The number of hydrogen-bond donors (Lipinski definition) is 1. The van der Waals surface area contributed by atoms with Gasteiger partial charge in [0.15, 0.2) is 0 Å². The molecule has 1 aromatic carbocycles. The van der Waals surface area contributed by atoms with Crippen molar-refractivity contribution in [3.63, 3.8) is 0 Å². The smallest absolute Gasteiger partial charge is 0.306 e. The lowest BCUT2D eigenvalue weighted by Crippen LogP contribution is -2.15. The van der Waals surface area contributed by atoms with E-state index in [1.54, 1.807) is 0 Å². The Morgan fingerprint density at radius 3 is 2.50 bits per heavy atom. The Hall–Kier alpha value is -1.28. The zero-order chi connectivity index (χ0) is 11.5. The number of carboxylic acid groups (broad SMARTS) is 1. The standard InChI is InChI=1S/C13H13ClO2/c14-12-7-5-10(6-8-12)9-1-3-11(4-2-9)13(15)16/h1,5-8,11H,2-4H2,(H,15,16). The van der Waals surface area contributed by atoms with Crippen LogP contribution in [0.15, 0.2) is 30.3 Å². The molecular formula is C13H13ClO2. The number of halogens is 1. The lowest BCUT2D eigenvalue weighted by molar-refractivity contribution is -0.141. The maximum atomic E-state index is 10.8. The molecule has 0 amide bonds. The summed E-state index contributed by atoms with van der Waals surface area (Å²) in [6.07, 6.45) is 4.22. The second-order valence-corrected chi connectivity index (χ2v) is 4.48. The fourth-order valence-electron chi connectivity index (χ4n) is 1.98. The quantitative estimate of drug-likeness (QED) is 0.852. The van der Waals surface area contributed by atoms with Crippen LogP contribution in [0.5, 0.6) is 0 Å². The largest absolute Gasteiger partial charge is 0.481 e. The van der Waals surface area contributed by atoms with Crippen molar-refractivity contribution in [3.8, 4) is 0 Å². The summed E-state index contributed by atoms with van der Waals surface area (Å²) >= 11 is 5.82. The summed E-state index contributed by atoms with van der Waals surface area (Å²) in [5, 5.41) is 9.61. The summed E-state index contributed by atoms with van der Waals surface area (Å²) in [4.78, 5) is 10.8. The minimum Gasteiger partial charge on any atom is -0.481 e. The van der Waals surface area contributed by atoms with Gasteiger partial charge in [-0.1, -0.05) is 29.8 Å². The fourth-order valence-corrected chi connectivity index (χ4v) is 2.11. The van der Waals surface area contributed by atoms with Crippen molar-refractivity contribution in [2.45, 2.75) is 19.3 Å². The van der Waals surface area contributed by atoms with E-state index in [4.69, 9.17) is 16.7 Å². The number of hydrogen-bond acceptors (Lipinski definition) is 1. The molecule has 0 saturated heterocycles. The van der Waals surface area contributed by atoms with Crippen molar-refractivity contribution in [2.24, 2.45) is 5.92 Å². The van der Waals surface area contributed by atoms with Gasteiger partial charge in [-0.15, -0.1) is 0 Å². The average molecular weight is 237 g/mol. The lowest BCUT2D eigenvalue weighted by atomic mass is 9.87. The Morgan fingerprint density at radius 2 is 2.00 bits per heavy atom. The molecule has 0 spiro atoms. The number of rotatable bonds is 2. The topological polar surface area (TPSA) is 37.3 Å². The predicted molar refractivity (Wildman–Crippen MR) is 64.4 cm³/mol. The summed E-state index contributed by atoms with van der Waals surface area (Å²) in [6.45, 7) is 0. The fraction of sp³-hybridized carbons (Fsp3) is 0.308. The second-order valence-electron chi connectivity index (χ2n) is 4.05. The van der Waals surface area contributed by atoms with Crippen LogP contribution in [0, 0.1) is 5.92 Å². The first kappa shape index (κ1) is 11.2. The van der Waals surface area contributed by atoms with Gasteiger partial charge in [0.05, 0.1) is 5.92 Å². The lowest BCUT2D eigenvalue weighted by Gasteiger charge is -2.18. The molecule has 1 atom stereocenters. The van der Waals surface area contributed by atoms with Crippen LogP contribution in [0.25, 0.3) is 5.57 Å². The highest BCUT2D eigenvalue weighted by atomic mass is 35.5. The first-order valence-electron chi connectivity index (χ1n) is 5.34. The van der Waals surface area contributed by atoms with Crippen LogP contribution >= 0.6 is 11.6 Å². The van der Waals surface area contributed by atoms with Crippen molar-refractivity contribution >= 4 is 23.1 Å². The number of carboxylic acids is 1. The van der Waals surface area contributed by atoms with Crippen molar-refractivity contribution in [1.82, 2.24) is 0 Å². The van der Waals surface area contributed by atoms with E-state index in [0.29, 0.717) is 6.42 Å². The van der Waals surface area contributed by atoms with Gasteiger partial charge in [-0.3, -0.25) is 4.79 Å². The molecule has 3 heteroatoms. The van der Waals surface area contributed by atoms with Crippen LogP contribution in [-0.2, 0) is 4.79 Å². The summed E-state index contributed by atoms with van der Waals surface area (Å²) < 4.78 is 0. The first-order chi connectivity index (χ1) is 7.66. The molecule has 84 valence electrons. The number of allylic oxidation sites excluding steroid dienone is 2. The number of carbonyl (C=O) groups is 1. The molecule has 0 bridgehead atoms. The third-order valence-corrected chi connectivity index (χ3v) is 3.23. The van der Waals surface area contributed by atoms with E-state index in [9.17, 15) is 4.79 Å². The van der Waals surface area contributed by atoms with Gasteiger partial charge in [0.2, 0.25) is 0 Å². The van der Waals surface area contributed by atoms with Crippen LogP contribution in [0.3, 0.4) is 0 Å². The van der Waals surface area contributed by atoms with Crippen LogP contribution in [0.1, 0.15) is 24.8 Å². The predicted octanol–water partition coefficient (Wildman–Crippen LogP) is 3.61. The maximum absolute atomic E-state index is 10.8. The zero-order valence-corrected chi connectivity index (χ0v) is 9.57. The van der Waals surface area contributed by atoms with Gasteiger partial charge in [0.1, 0.15) is 0 Å².